The lowest BCUT2D eigenvalue weighted by atomic mass is 10.1. The van der Waals surface area contributed by atoms with Gasteiger partial charge in [0.05, 0.1) is 26.8 Å². The van der Waals surface area contributed by atoms with Crippen LogP contribution in [0, 0.1) is 6.92 Å². The van der Waals surface area contributed by atoms with Crippen molar-refractivity contribution in [2.75, 3.05) is 0 Å². The number of fused-ring (bicyclic) bond motifs is 1. The number of aromatic nitrogens is 2. The van der Waals surface area contributed by atoms with Gasteiger partial charge in [0.1, 0.15) is 5.58 Å². The van der Waals surface area contributed by atoms with Crippen molar-refractivity contribution in [2.45, 2.75) is 13.3 Å². The summed E-state index contributed by atoms with van der Waals surface area (Å²) in [5.74, 6) is 0.296. The first-order valence-electron chi connectivity index (χ1n) is 6.36. The topological polar surface area (TPSA) is 48.0 Å². The van der Waals surface area contributed by atoms with Crippen LogP contribution in [0.3, 0.4) is 0 Å². The third-order valence-electron chi connectivity index (χ3n) is 3.36. The summed E-state index contributed by atoms with van der Waals surface area (Å²) in [7, 11) is 1.83. The number of para-hydroxylation sites is 1. The Kier molecular flexibility index (Phi) is 3.75. The van der Waals surface area contributed by atoms with Crippen LogP contribution >= 0.6 is 31.9 Å². The molecule has 3 rings (SSSR count). The molecule has 108 valence electrons. The van der Waals surface area contributed by atoms with Crippen LogP contribution < -0.4 is 0 Å². The second-order valence-electron chi connectivity index (χ2n) is 4.84. The summed E-state index contributed by atoms with van der Waals surface area (Å²) in [6, 6.07) is 7.50. The van der Waals surface area contributed by atoms with Gasteiger partial charge in [0.25, 0.3) is 0 Å². The van der Waals surface area contributed by atoms with E-state index in [2.05, 4.69) is 37.0 Å². The minimum atomic E-state index is -0.0678. The molecule has 0 atom stereocenters. The van der Waals surface area contributed by atoms with E-state index in [1.165, 1.54) is 0 Å². The van der Waals surface area contributed by atoms with Crippen LogP contribution in [0.2, 0.25) is 0 Å². The number of hydrogen-bond donors (Lipinski definition) is 0. The van der Waals surface area contributed by atoms with Gasteiger partial charge in [0.15, 0.2) is 5.76 Å². The fourth-order valence-corrected chi connectivity index (χ4v) is 3.21. The van der Waals surface area contributed by atoms with Crippen LogP contribution in [0.1, 0.15) is 21.9 Å². The number of rotatable bonds is 3. The normalized spacial score (nSPS) is 11.2. The van der Waals surface area contributed by atoms with Crippen molar-refractivity contribution in [1.82, 2.24) is 9.78 Å². The lowest BCUT2D eigenvalue weighted by molar-refractivity contribution is 0.0966. The van der Waals surface area contributed by atoms with E-state index in [1.807, 2.05) is 32.2 Å². The van der Waals surface area contributed by atoms with Crippen LogP contribution in [0.15, 0.2) is 37.6 Å². The van der Waals surface area contributed by atoms with Gasteiger partial charge in [-0.3, -0.25) is 9.48 Å². The smallest absolute Gasteiger partial charge is 0.203 e. The highest BCUT2D eigenvalue weighted by molar-refractivity contribution is 9.11. The maximum atomic E-state index is 12.4. The van der Waals surface area contributed by atoms with E-state index in [0.717, 1.165) is 25.7 Å². The Morgan fingerprint density at radius 3 is 2.76 bits per heavy atom. The number of Topliss-reactive ketones (excluding diaryl/α,β-unsaturated/α-hetero) is 1. The van der Waals surface area contributed by atoms with Crippen molar-refractivity contribution in [3.8, 4) is 0 Å². The summed E-state index contributed by atoms with van der Waals surface area (Å²) in [4.78, 5) is 12.4. The van der Waals surface area contributed by atoms with Gasteiger partial charge < -0.3 is 4.42 Å². The zero-order valence-electron chi connectivity index (χ0n) is 11.5. The van der Waals surface area contributed by atoms with E-state index in [1.54, 1.807) is 10.7 Å². The monoisotopic (exact) mass is 410 g/mol. The summed E-state index contributed by atoms with van der Waals surface area (Å²) in [5.41, 5.74) is 2.41. The number of furan rings is 1. The van der Waals surface area contributed by atoms with Gasteiger partial charge in [-0.05, 0) is 50.9 Å². The Balaban J connectivity index is 1.95. The molecule has 0 fully saturated rings. The number of aryl methyl sites for hydroxylation is 2. The molecule has 0 aliphatic rings. The van der Waals surface area contributed by atoms with Gasteiger partial charge in [-0.2, -0.15) is 5.10 Å². The van der Waals surface area contributed by atoms with E-state index in [9.17, 15) is 4.79 Å². The quantitative estimate of drug-likeness (QED) is 0.599. The number of halogens is 2. The molecule has 0 aliphatic carbocycles. The van der Waals surface area contributed by atoms with Crippen molar-refractivity contribution in [2.24, 2.45) is 7.05 Å². The standard InChI is InChI=1S/C15H12Br2N2O2/c1-8-14(17)11(19(2)18-8)7-12(20)13-6-9-4-3-5-10(16)15(9)21-13/h3-6H,7H2,1-2H3. The molecule has 0 saturated heterocycles. The molecule has 0 N–H and O–H groups in total. The molecular weight excluding hydrogens is 400 g/mol. The predicted molar refractivity (Wildman–Crippen MR) is 87.6 cm³/mol. The number of carbonyl (C=O) groups is 1. The molecular formula is C15H12Br2N2O2. The molecule has 6 heteroatoms. The Hall–Kier alpha value is -1.40. The maximum absolute atomic E-state index is 12.4. The molecule has 0 radical (unpaired) electrons. The molecule has 2 aromatic heterocycles. The van der Waals surface area contributed by atoms with Gasteiger partial charge in [0, 0.05) is 12.4 Å². The minimum Gasteiger partial charge on any atom is -0.452 e. The molecule has 3 aromatic rings. The lowest BCUT2D eigenvalue weighted by Crippen LogP contribution is -2.07. The molecule has 0 amide bonds. The minimum absolute atomic E-state index is 0.0678. The molecule has 0 saturated carbocycles. The predicted octanol–water partition coefficient (Wildman–Crippen LogP) is 4.43. The fraction of sp³-hybridized carbons (Fsp3) is 0.200. The van der Waals surface area contributed by atoms with E-state index in [-0.39, 0.29) is 12.2 Å². The maximum Gasteiger partial charge on any atom is 0.203 e. The molecule has 0 unspecified atom stereocenters. The first kappa shape index (κ1) is 14.5. The van der Waals surface area contributed by atoms with Gasteiger partial charge >= 0.3 is 0 Å². The molecule has 1 aromatic carbocycles. The van der Waals surface area contributed by atoms with Gasteiger partial charge in [-0.25, -0.2) is 0 Å². The summed E-state index contributed by atoms with van der Waals surface area (Å²) < 4.78 is 9.11. The Morgan fingerprint density at radius 2 is 2.14 bits per heavy atom. The van der Waals surface area contributed by atoms with Gasteiger partial charge in [0.2, 0.25) is 5.78 Å². The van der Waals surface area contributed by atoms with Crippen LogP contribution in [-0.2, 0) is 13.5 Å². The van der Waals surface area contributed by atoms with E-state index in [0.29, 0.717) is 11.3 Å². The molecule has 0 aliphatic heterocycles. The molecule has 21 heavy (non-hydrogen) atoms. The number of nitrogens with zero attached hydrogens (tertiary/aromatic N) is 2. The summed E-state index contributed by atoms with van der Waals surface area (Å²) >= 11 is 6.90. The SMILES string of the molecule is Cc1nn(C)c(CC(=O)c2cc3cccc(Br)c3o2)c1Br. The zero-order chi connectivity index (χ0) is 15.1. The van der Waals surface area contributed by atoms with Crippen LogP contribution in [0.5, 0.6) is 0 Å². The van der Waals surface area contributed by atoms with Crippen LogP contribution in [0.25, 0.3) is 11.0 Å². The number of carbonyl (C=O) groups excluding carboxylic acids is 1. The summed E-state index contributed by atoms with van der Waals surface area (Å²) in [6.45, 7) is 1.90. The van der Waals surface area contributed by atoms with Crippen molar-refractivity contribution in [3.05, 3.63) is 50.4 Å². The van der Waals surface area contributed by atoms with Crippen LogP contribution in [0.4, 0.5) is 0 Å². The van der Waals surface area contributed by atoms with E-state index < -0.39 is 0 Å². The number of hydrogen-bond acceptors (Lipinski definition) is 3. The highest BCUT2D eigenvalue weighted by Gasteiger charge is 2.19. The zero-order valence-corrected chi connectivity index (χ0v) is 14.7. The molecule has 2 heterocycles. The molecule has 0 bridgehead atoms. The van der Waals surface area contributed by atoms with Crippen molar-refractivity contribution in [1.29, 1.82) is 0 Å². The number of benzene rings is 1. The lowest BCUT2D eigenvalue weighted by Gasteiger charge is -2.00. The van der Waals surface area contributed by atoms with Crippen molar-refractivity contribution in [3.63, 3.8) is 0 Å². The first-order chi connectivity index (χ1) is 9.97. The van der Waals surface area contributed by atoms with E-state index in [4.69, 9.17) is 4.42 Å². The third kappa shape index (κ3) is 2.58. The van der Waals surface area contributed by atoms with E-state index >= 15 is 0 Å². The van der Waals surface area contributed by atoms with Gasteiger partial charge in [-0.1, -0.05) is 12.1 Å². The molecule has 4 nitrogen and oxygen atoms in total. The average Bonchev–Trinajstić information content (AvgIpc) is 2.97. The molecule has 0 spiro atoms. The Labute approximate surface area is 138 Å². The summed E-state index contributed by atoms with van der Waals surface area (Å²) in [6.07, 6.45) is 0.245. The number of ketones is 1. The Morgan fingerprint density at radius 1 is 1.38 bits per heavy atom. The highest BCUT2D eigenvalue weighted by Crippen LogP contribution is 2.28. The highest BCUT2D eigenvalue weighted by atomic mass is 79.9. The third-order valence-corrected chi connectivity index (χ3v) is 5.02. The van der Waals surface area contributed by atoms with Gasteiger partial charge in [-0.15, -0.1) is 0 Å². The average molecular weight is 412 g/mol. The van der Waals surface area contributed by atoms with Crippen molar-refractivity contribution < 1.29 is 9.21 Å². The van der Waals surface area contributed by atoms with Crippen LogP contribution in [-0.4, -0.2) is 15.6 Å². The second kappa shape index (κ2) is 5.42. The fourth-order valence-electron chi connectivity index (χ4n) is 2.28. The Bertz CT molecular complexity index is 849. The second-order valence-corrected chi connectivity index (χ2v) is 6.49. The largest absolute Gasteiger partial charge is 0.452 e. The first-order valence-corrected chi connectivity index (χ1v) is 7.95. The summed E-state index contributed by atoms with van der Waals surface area (Å²) in [5, 5.41) is 5.20. The van der Waals surface area contributed by atoms with Crippen molar-refractivity contribution >= 4 is 48.6 Å².